The van der Waals surface area contributed by atoms with Gasteiger partial charge in [-0.2, -0.15) is 0 Å². The van der Waals surface area contributed by atoms with Gasteiger partial charge in [0.2, 0.25) is 0 Å². The molecule has 1 N–H and O–H groups in total. The maximum atomic E-state index is 4.37. The molecule has 6 rings (SSSR count). The highest BCUT2D eigenvalue weighted by molar-refractivity contribution is 5.86. The van der Waals surface area contributed by atoms with Gasteiger partial charge in [0.1, 0.15) is 0 Å². The number of benzene rings is 1. The monoisotopic (exact) mass is 414 g/mol. The van der Waals surface area contributed by atoms with Crippen molar-refractivity contribution in [2.75, 3.05) is 7.05 Å². The standard InChI is InChI=1S/C29H38N2/c1-28-13-10-23(30-3)17-22(28)6-7-24-26-9-8-25(29(26,2)14-11-27(24)28)20-5-4-19-12-15-31-18-21(19)16-20/h4-5,8,12,15-16,18,22-24,26-27,30H,6-7,9-11,13-14,17H2,1-3H3/t22-,23-,24-,26-,27-,28-,29+/m0/s1. The van der Waals surface area contributed by atoms with Crippen LogP contribution >= 0.6 is 0 Å². The van der Waals surface area contributed by atoms with Crippen molar-refractivity contribution in [2.45, 2.75) is 71.3 Å². The van der Waals surface area contributed by atoms with Gasteiger partial charge in [-0.1, -0.05) is 32.1 Å². The lowest BCUT2D eigenvalue weighted by Crippen LogP contribution is -2.54. The zero-order valence-electron chi connectivity index (χ0n) is 19.5. The van der Waals surface area contributed by atoms with Crippen molar-refractivity contribution in [1.29, 1.82) is 0 Å². The Hall–Kier alpha value is -1.67. The Kier molecular flexibility index (Phi) is 4.62. The van der Waals surface area contributed by atoms with Crippen LogP contribution in [-0.4, -0.2) is 18.1 Å². The third-order valence-electron chi connectivity index (χ3n) is 10.6. The summed E-state index contributed by atoms with van der Waals surface area (Å²) in [5, 5.41) is 6.16. The molecule has 3 fully saturated rings. The Morgan fingerprint density at radius 1 is 0.968 bits per heavy atom. The minimum atomic E-state index is 0.350. The van der Waals surface area contributed by atoms with Crippen molar-refractivity contribution in [2.24, 2.45) is 34.5 Å². The Bertz CT molecular complexity index is 1020. The number of fused-ring (bicyclic) bond motifs is 6. The largest absolute Gasteiger partial charge is 0.317 e. The number of hydrogen-bond donors (Lipinski definition) is 1. The van der Waals surface area contributed by atoms with Crippen molar-refractivity contribution in [1.82, 2.24) is 10.3 Å². The molecule has 1 aromatic heterocycles. The molecule has 0 unspecified atom stereocenters. The van der Waals surface area contributed by atoms with E-state index in [9.17, 15) is 0 Å². The van der Waals surface area contributed by atoms with Crippen molar-refractivity contribution >= 4 is 16.3 Å². The smallest absolute Gasteiger partial charge is 0.0346 e. The first-order valence-corrected chi connectivity index (χ1v) is 12.7. The lowest BCUT2D eigenvalue weighted by molar-refractivity contribution is -0.0996. The highest BCUT2D eigenvalue weighted by atomic mass is 14.9. The minimum absolute atomic E-state index is 0.350. The number of hydrogen-bond acceptors (Lipinski definition) is 2. The molecule has 164 valence electrons. The Morgan fingerprint density at radius 2 is 1.87 bits per heavy atom. The maximum Gasteiger partial charge on any atom is 0.0346 e. The molecule has 2 heteroatoms. The molecule has 4 aliphatic rings. The predicted molar refractivity (Wildman–Crippen MR) is 130 cm³/mol. The van der Waals surface area contributed by atoms with Crippen LogP contribution in [-0.2, 0) is 0 Å². The molecular formula is C29H38N2. The summed E-state index contributed by atoms with van der Waals surface area (Å²) in [7, 11) is 2.17. The van der Waals surface area contributed by atoms with Crippen molar-refractivity contribution < 1.29 is 0 Å². The van der Waals surface area contributed by atoms with Gasteiger partial charge in [-0.3, -0.25) is 4.98 Å². The van der Waals surface area contributed by atoms with Crippen LogP contribution < -0.4 is 5.32 Å². The van der Waals surface area contributed by atoms with Crippen molar-refractivity contribution in [3.05, 3.63) is 48.3 Å². The molecule has 0 bridgehead atoms. The average molecular weight is 415 g/mol. The predicted octanol–water partition coefficient (Wildman–Crippen LogP) is 6.86. The van der Waals surface area contributed by atoms with Gasteiger partial charge < -0.3 is 5.32 Å². The molecule has 0 radical (unpaired) electrons. The van der Waals surface area contributed by atoms with Crippen LogP contribution in [0.2, 0.25) is 0 Å². The molecule has 4 aliphatic carbocycles. The summed E-state index contributed by atoms with van der Waals surface area (Å²) in [5.74, 6) is 3.63. The first kappa shape index (κ1) is 20.0. The number of pyridine rings is 1. The number of nitrogens with zero attached hydrogens (tertiary/aromatic N) is 1. The molecule has 2 nitrogen and oxygen atoms in total. The summed E-state index contributed by atoms with van der Waals surface area (Å²) in [5.41, 5.74) is 4.00. The third kappa shape index (κ3) is 2.90. The second-order valence-electron chi connectivity index (χ2n) is 11.7. The van der Waals surface area contributed by atoms with Crippen LogP contribution in [0.4, 0.5) is 0 Å². The van der Waals surface area contributed by atoms with Gasteiger partial charge in [0.25, 0.3) is 0 Å². The molecule has 0 saturated heterocycles. The Morgan fingerprint density at radius 3 is 2.74 bits per heavy atom. The van der Waals surface area contributed by atoms with Crippen LogP contribution in [0.15, 0.2) is 42.7 Å². The van der Waals surface area contributed by atoms with E-state index in [1.165, 1.54) is 67.7 Å². The van der Waals surface area contributed by atoms with Crippen LogP contribution in [0.25, 0.3) is 16.3 Å². The second kappa shape index (κ2) is 7.17. The van der Waals surface area contributed by atoms with Gasteiger partial charge in [0, 0.05) is 23.8 Å². The third-order valence-corrected chi connectivity index (χ3v) is 10.6. The van der Waals surface area contributed by atoms with Gasteiger partial charge in [-0.25, -0.2) is 0 Å². The molecule has 7 atom stereocenters. The first-order valence-electron chi connectivity index (χ1n) is 12.7. The van der Waals surface area contributed by atoms with Crippen LogP contribution in [0.1, 0.15) is 70.8 Å². The molecule has 31 heavy (non-hydrogen) atoms. The van der Waals surface area contributed by atoms with E-state index in [1.54, 1.807) is 5.57 Å². The molecule has 2 aromatic rings. The molecule has 3 saturated carbocycles. The van der Waals surface area contributed by atoms with E-state index in [0.717, 1.165) is 29.7 Å². The van der Waals surface area contributed by atoms with Crippen LogP contribution in [0.5, 0.6) is 0 Å². The SMILES string of the molecule is CN[C@H]1CC[C@@]2(C)[C@@H](CC[C@@H]3[C@@H]2CC[C@]2(C)C(c4ccc5ccncc5c4)=CC[C@@H]32)C1. The average Bonchev–Trinajstić information content (AvgIpc) is 3.15. The Labute approximate surface area is 187 Å². The van der Waals surface area contributed by atoms with E-state index >= 15 is 0 Å². The zero-order chi connectivity index (χ0) is 21.2. The summed E-state index contributed by atoms with van der Waals surface area (Å²) < 4.78 is 0. The highest BCUT2D eigenvalue weighted by Gasteiger charge is 2.58. The maximum absolute atomic E-state index is 4.37. The molecule has 1 aromatic carbocycles. The van der Waals surface area contributed by atoms with Crippen molar-refractivity contribution in [3.8, 4) is 0 Å². The highest BCUT2D eigenvalue weighted by Crippen LogP contribution is 2.67. The molecule has 0 aliphatic heterocycles. The fraction of sp³-hybridized carbons (Fsp3) is 0.621. The molecule has 0 spiro atoms. The summed E-state index contributed by atoms with van der Waals surface area (Å²) in [6.45, 7) is 5.29. The van der Waals surface area contributed by atoms with E-state index in [-0.39, 0.29) is 0 Å². The summed E-state index contributed by atoms with van der Waals surface area (Å²) in [6, 6.07) is 9.93. The van der Waals surface area contributed by atoms with Gasteiger partial charge >= 0.3 is 0 Å². The Balaban J connectivity index is 1.29. The van der Waals surface area contributed by atoms with Gasteiger partial charge in [0.15, 0.2) is 0 Å². The molecule has 1 heterocycles. The van der Waals surface area contributed by atoms with Gasteiger partial charge in [-0.05, 0) is 122 Å². The van der Waals surface area contributed by atoms with E-state index in [1.807, 2.05) is 12.4 Å². The number of allylic oxidation sites excluding steroid dienone is 2. The number of nitrogens with one attached hydrogen (secondary N) is 1. The summed E-state index contributed by atoms with van der Waals surface area (Å²) >= 11 is 0. The fourth-order valence-corrected chi connectivity index (χ4v) is 8.79. The molecular weight excluding hydrogens is 376 g/mol. The summed E-state index contributed by atoms with van der Waals surface area (Å²) in [6.07, 6.45) is 17.8. The van der Waals surface area contributed by atoms with Gasteiger partial charge in [0.05, 0.1) is 0 Å². The zero-order valence-corrected chi connectivity index (χ0v) is 19.5. The minimum Gasteiger partial charge on any atom is -0.317 e. The lowest BCUT2D eigenvalue weighted by Gasteiger charge is -2.61. The number of aromatic nitrogens is 1. The lowest BCUT2D eigenvalue weighted by atomic mass is 9.44. The van der Waals surface area contributed by atoms with Crippen LogP contribution in [0.3, 0.4) is 0 Å². The second-order valence-corrected chi connectivity index (χ2v) is 11.7. The van der Waals surface area contributed by atoms with E-state index < -0.39 is 0 Å². The quantitative estimate of drug-likeness (QED) is 0.581. The van der Waals surface area contributed by atoms with Gasteiger partial charge in [-0.15, -0.1) is 0 Å². The normalized spacial score (nSPS) is 41.9. The van der Waals surface area contributed by atoms with E-state index in [0.29, 0.717) is 10.8 Å². The fourth-order valence-electron chi connectivity index (χ4n) is 8.79. The van der Waals surface area contributed by atoms with E-state index in [2.05, 4.69) is 61.5 Å². The van der Waals surface area contributed by atoms with E-state index in [4.69, 9.17) is 0 Å². The summed E-state index contributed by atoms with van der Waals surface area (Å²) in [4.78, 5) is 4.37. The van der Waals surface area contributed by atoms with Crippen LogP contribution in [0, 0.1) is 34.5 Å². The first-order chi connectivity index (χ1) is 15.0. The molecule has 0 amide bonds. The number of rotatable bonds is 2. The van der Waals surface area contributed by atoms with Crippen molar-refractivity contribution in [3.63, 3.8) is 0 Å². The topological polar surface area (TPSA) is 24.9 Å².